The summed E-state index contributed by atoms with van der Waals surface area (Å²) >= 11 is 0. The number of amides is 1. The highest BCUT2D eigenvalue weighted by molar-refractivity contribution is 5.95. The number of nitrogens with two attached hydrogens (primary N) is 1. The first kappa shape index (κ1) is 16.5. The summed E-state index contributed by atoms with van der Waals surface area (Å²) in [5.41, 5.74) is 2.42. The second-order valence-corrected chi connectivity index (χ2v) is 5.18. The molecule has 1 amide bonds. The summed E-state index contributed by atoms with van der Waals surface area (Å²) < 4.78 is 43.1. The van der Waals surface area contributed by atoms with Gasteiger partial charge < -0.3 is 20.8 Å². The fourth-order valence-electron chi connectivity index (χ4n) is 2.28. The summed E-state index contributed by atoms with van der Waals surface area (Å²) in [7, 11) is 0. The van der Waals surface area contributed by atoms with Gasteiger partial charge in [-0.15, -0.1) is 0 Å². The van der Waals surface area contributed by atoms with Gasteiger partial charge in [0.05, 0.1) is 11.0 Å². The van der Waals surface area contributed by atoms with Crippen molar-refractivity contribution in [2.75, 3.05) is 25.1 Å². The Morgan fingerprint density at radius 2 is 2.05 bits per heavy atom. The molecule has 1 aliphatic heterocycles. The third kappa shape index (κ3) is 3.30. The lowest BCUT2D eigenvalue weighted by atomic mass is 9.79. The molecule has 1 aliphatic rings. The molecule has 1 fully saturated rings. The Morgan fingerprint density at radius 3 is 2.59 bits per heavy atom. The molecule has 0 bridgehead atoms. The number of H-pyrrole nitrogens is 1. The average molecular weight is 319 g/mol. The Kier molecular flexibility index (Phi) is 4.57. The van der Waals surface area contributed by atoms with Crippen LogP contribution in [-0.2, 0) is 15.7 Å². The lowest BCUT2D eigenvalue weighted by molar-refractivity contribution is -0.138. The maximum absolute atomic E-state index is 12.7. The van der Waals surface area contributed by atoms with Crippen LogP contribution in [0.2, 0.25) is 0 Å². The lowest BCUT2D eigenvalue weighted by Gasteiger charge is -2.34. The Morgan fingerprint density at radius 1 is 1.41 bits per heavy atom. The van der Waals surface area contributed by atoms with E-state index in [4.69, 9.17) is 10.5 Å². The first-order valence-electron chi connectivity index (χ1n) is 6.68. The van der Waals surface area contributed by atoms with Crippen molar-refractivity contribution < 1.29 is 22.7 Å². The normalized spacial score (nSPS) is 18.0. The van der Waals surface area contributed by atoms with E-state index >= 15 is 0 Å². The molecule has 0 radical (unpaired) electrons. The minimum absolute atomic E-state index is 0.0268. The molecule has 2 rings (SSSR count). The van der Waals surface area contributed by atoms with Gasteiger partial charge in [-0.1, -0.05) is 0 Å². The third-order valence-corrected chi connectivity index (χ3v) is 3.80. The number of halogens is 3. The van der Waals surface area contributed by atoms with E-state index in [-0.39, 0.29) is 6.54 Å². The van der Waals surface area contributed by atoms with E-state index in [1.54, 1.807) is 0 Å². The van der Waals surface area contributed by atoms with Crippen LogP contribution < -0.4 is 16.6 Å². The van der Waals surface area contributed by atoms with Gasteiger partial charge in [0.1, 0.15) is 5.69 Å². The van der Waals surface area contributed by atoms with Crippen molar-refractivity contribution in [3.05, 3.63) is 28.2 Å². The number of pyridine rings is 1. The van der Waals surface area contributed by atoms with Crippen LogP contribution >= 0.6 is 0 Å². The van der Waals surface area contributed by atoms with E-state index in [1.807, 2.05) is 4.98 Å². The maximum Gasteiger partial charge on any atom is 0.417 e. The lowest BCUT2D eigenvalue weighted by Crippen LogP contribution is -2.46. The molecule has 0 aliphatic carbocycles. The van der Waals surface area contributed by atoms with Crippen LogP contribution in [0.3, 0.4) is 0 Å². The second kappa shape index (κ2) is 6.09. The number of ether oxygens (including phenoxy) is 1. The molecule has 1 aromatic heterocycles. The van der Waals surface area contributed by atoms with Gasteiger partial charge >= 0.3 is 6.18 Å². The SMILES string of the molecule is NCC1(C(=O)Nc2cc(C(F)(F)F)c[nH]c2=O)CCOCC1. The number of hydrogen-bond acceptors (Lipinski definition) is 4. The average Bonchev–Trinajstić information content (AvgIpc) is 2.49. The number of hydrogen-bond donors (Lipinski definition) is 3. The molecule has 0 aromatic carbocycles. The second-order valence-electron chi connectivity index (χ2n) is 5.18. The maximum atomic E-state index is 12.7. The van der Waals surface area contributed by atoms with Gasteiger partial charge in [0, 0.05) is 26.0 Å². The number of nitrogens with one attached hydrogen (secondary N) is 2. The monoisotopic (exact) mass is 319 g/mol. The van der Waals surface area contributed by atoms with Gasteiger partial charge in [0.25, 0.3) is 5.56 Å². The zero-order chi connectivity index (χ0) is 16.4. The number of aromatic nitrogens is 1. The molecule has 6 nitrogen and oxygen atoms in total. The molecule has 0 unspecified atom stereocenters. The highest BCUT2D eigenvalue weighted by Crippen LogP contribution is 2.32. The van der Waals surface area contributed by atoms with Crippen LogP contribution in [0.1, 0.15) is 18.4 Å². The van der Waals surface area contributed by atoms with E-state index in [0.29, 0.717) is 38.3 Å². The molecule has 9 heteroatoms. The van der Waals surface area contributed by atoms with Gasteiger partial charge in [-0.2, -0.15) is 13.2 Å². The number of alkyl halides is 3. The van der Waals surface area contributed by atoms with E-state index in [1.165, 1.54) is 0 Å². The van der Waals surface area contributed by atoms with Crippen LogP contribution in [-0.4, -0.2) is 30.6 Å². The Balaban J connectivity index is 2.26. The van der Waals surface area contributed by atoms with Gasteiger partial charge in [-0.3, -0.25) is 9.59 Å². The summed E-state index contributed by atoms with van der Waals surface area (Å²) in [6, 6.07) is 0.611. The smallest absolute Gasteiger partial charge is 0.381 e. The molecule has 4 N–H and O–H groups in total. The first-order valence-corrected chi connectivity index (χ1v) is 6.68. The molecular weight excluding hydrogens is 303 g/mol. The standard InChI is InChI=1S/C13H16F3N3O3/c14-13(15,16)8-5-9(10(20)18-6-8)19-11(21)12(7-17)1-3-22-4-2-12/h5-6H,1-4,7,17H2,(H,18,20)(H,19,21). The van der Waals surface area contributed by atoms with Crippen LogP contribution in [0.15, 0.2) is 17.1 Å². The molecule has 0 saturated carbocycles. The van der Waals surface area contributed by atoms with Crippen molar-refractivity contribution in [3.8, 4) is 0 Å². The summed E-state index contributed by atoms with van der Waals surface area (Å²) in [5, 5.41) is 2.27. The van der Waals surface area contributed by atoms with Crippen molar-refractivity contribution >= 4 is 11.6 Å². The Labute approximate surface area is 123 Å². The molecule has 2 heterocycles. The fourth-order valence-corrected chi connectivity index (χ4v) is 2.28. The number of rotatable bonds is 3. The quantitative estimate of drug-likeness (QED) is 0.777. The molecule has 0 spiro atoms. The van der Waals surface area contributed by atoms with Crippen molar-refractivity contribution in [1.29, 1.82) is 0 Å². The van der Waals surface area contributed by atoms with E-state index in [9.17, 15) is 22.8 Å². The van der Waals surface area contributed by atoms with Crippen LogP contribution in [0.5, 0.6) is 0 Å². The van der Waals surface area contributed by atoms with E-state index in [2.05, 4.69) is 5.32 Å². The first-order chi connectivity index (χ1) is 10.3. The number of carbonyl (C=O) groups excluding carboxylic acids is 1. The predicted octanol–water partition coefficient (Wildman–Crippen LogP) is 1.09. The minimum Gasteiger partial charge on any atom is -0.381 e. The highest BCUT2D eigenvalue weighted by atomic mass is 19.4. The third-order valence-electron chi connectivity index (χ3n) is 3.80. The zero-order valence-corrected chi connectivity index (χ0v) is 11.6. The van der Waals surface area contributed by atoms with Gasteiger partial charge in [-0.25, -0.2) is 0 Å². The summed E-state index contributed by atoms with van der Waals surface area (Å²) in [6.07, 6.45) is -3.35. The molecule has 1 saturated heterocycles. The topological polar surface area (TPSA) is 97.2 Å². The molecule has 122 valence electrons. The Hall–Kier alpha value is -1.87. The van der Waals surface area contributed by atoms with Gasteiger partial charge in [0.2, 0.25) is 5.91 Å². The van der Waals surface area contributed by atoms with E-state index in [0.717, 1.165) is 0 Å². The van der Waals surface area contributed by atoms with Gasteiger partial charge in [0.15, 0.2) is 0 Å². The van der Waals surface area contributed by atoms with Crippen LogP contribution in [0.25, 0.3) is 0 Å². The summed E-state index contributed by atoms with van der Waals surface area (Å²) in [4.78, 5) is 25.9. The number of aromatic amines is 1. The largest absolute Gasteiger partial charge is 0.417 e. The molecular formula is C13H16F3N3O3. The Bertz CT molecular complexity index is 607. The number of anilines is 1. The van der Waals surface area contributed by atoms with Crippen molar-refractivity contribution in [1.82, 2.24) is 4.98 Å². The van der Waals surface area contributed by atoms with Crippen molar-refractivity contribution in [3.63, 3.8) is 0 Å². The molecule has 0 atom stereocenters. The summed E-state index contributed by atoms with van der Waals surface area (Å²) in [5.74, 6) is -0.567. The summed E-state index contributed by atoms with van der Waals surface area (Å²) in [6.45, 7) is 0.701. The molecule has 1 aromatic rings. The minimum atomic E-state index is -4.62. The van der Waals surface area contributed by atoms with Crippen LogP contribution in [0, 0.1) is 5.41 Å². The van der Waals surface area contributed by atoms with Crippen LogP contribution in [0.4, 0.5) is 18.9 Å². The fraction of sp³-hybridized carbons (Fsp3) is 0.538. The van der Waals surface area contributed by atoms with E-state index < -0.39 is 34.3 Å². The highest BCUT2D eigenvalue weighted by Gasteiger charge is 2.39. The predicted molar refractivity (Wildman–Crippen MR) is 72.2 cm³/mol. The van der Waals surface area contributed by atoms with Crippen molar-refractivity contribution in [2.24, 2.45) is 11.1 Å². The van der Waals surface area contributed by atoms with Gasteiger partial charge in [-0.05, 0) is 18.9 Å². The molecule has 22 heavy (non-hydrogen) atoms. The zero-order valence-electron chi connectivity index (χ0n) is 11.6. The number of carbonyl (C=O) groups is 1. The van der Waals surface area contributed by atoms with Crippen molar-refractivity contribution in [2.45, 2.75) is 19.0 Å².